The molecule has 1 aromatic rings. The summed E-state index contributed by atoms with van der Waals surface area (Å²) in [6, 6.07) is 1.60. The molecule has 0 spiro atoms. The fourth-order valence-corrected chi connectivity index (χ4v) is 2.58. The first-order valence-corrected chi connectivity index (χ1v) is 6.19. The Kier molecular flexibility index (Phi) is 3.33. The molecule has 2 rings (SSSR count). The standard InChI is InChI=1S/C12H15ClN2O2/c1-7(2)8-3-4-10-9(5-8)6-11(15(16)17)12(13)14-10/h6-8H,3-5H2,1-2H3. The van der Waals surface area contributed by atoms with Gasteiger partial charge in [0.25, 0.3) is 0 Å². The maximum atomic E-state index is 10.8. The molecule has 92 valence electrons. The minimum absolute atomic E-state index is 0.0109. The molecular formula is C12H15ClN2O2. The van der Waals surface area contributed by atoms with Crippen molar-refractivity contribution in [2.75, 3.05) is 0 Å². The Bertz CT molecular complexity index is 460. The van der Waals surface area contributed by atoms with Gasteiger partial charge < -0.3 is 0 Å². The van der Waals surface area contributed by atoms with Gasteiger partial charge in [-0.3, -0.25) is 10.1 Å². The van der Waals surface area contributed by atoms with Gasteiger partial charge in [-0.05, 0) is 36.7 Å². The van der Waals surface area contributed by atoms with Gasteiger partial charge >= 0.3 is 5.69 Å². The normalized spacial score (nSPS) is 19.2. The predicted octanol–water partition coefficient (Wildman–Crippen LogP) is 3.40. The van der Waals surface area contributed by atoms with Crippen molar-refractivity contribution < 1.29 is 4.92 Å². The number of nitro groups is 1. The van der Waals surface area contributed by atoms with Crippen LogP contribution in [0.5, 0.6) is 0 Å². The summed E-state index contributed by atoms with van der Waals surface area (Å²) < 4.78 is 0. The van der Waals surface area contributed by atoms with Crippen LogP contribution in [0.1, 0.15) is 31.5 Å². The molecule has 1 atom stereocenters. The Morgan fingerprint density at radius 2 is 2.29 bits per heavy atom. The molecule has 4 nitrogen and oxygen atoms in total. The van der Waals surface area contributed by atoms with Crippen molar-refractivity contribution in [3.05, 3.63) is 32.6 Å². The van der Waals surface area contributed by atoms with E-state index >= 15 is 0 Å². The zero-order valence-corrected chi connectivity index (χ0v) is 10.7. The molecule has 1 aliphatic carbocycles. The van der Waals surface area contributed by atoms with Crippen LogP contribution in [0.4, 0.5) is 5.69 Å². The lowest BCUT2D eigenvalue weighted by Gasteiger charge is -2.26. The molecule has 0 N–H and O–H groups in total. The molecule has 0 aliphatic heterocycles. The van der Waals surface area contributed by atoms with E-state index in [9.17, 15) is 10.1 Å². The van der Waals surface area contributed by atoms with E-state index in [0.29, 0.717) is 11.8 Å². The van der Waals surface area contributed by atoms with Crippen LogP contribution in [0.25, 0.3) is 0 Å². The molecule has 1 heterocycles. The van der Waals surface area contributed by atoms with Gasteiger partial charge in [-0.15, -0.1) is 0 Å². The number of hydrogen-bond acceptors (Lipinski definition) is 3. The lowest BCUT2D eigenvalue weighted by Crippen LogP contribution is -2.20. The number of fused-ring (bicyclic) bond motifs is 1. The summed E-state index contributed by atoms with van der Waals surface area (Å²) in [4.78, 5) is 14.5. The monoisotopic (exact) mass is 254 g/mol. The van der Waals surface area contributed by atoms with Crippen LogP contribution in [0.2, 0.25) is 5.15 Å². The van der Waals surface area contributed by atoms with E-state index in [1.165, 1.54) is 0 Å². The van der Waals surface area contributed by atoms with Crippen molar-refractivity contribution >= 4 is 17.3 Å². The highest BCUT2D eigenvalue weighted by Gasteiger charge is 2.26. The van der Waals surface area contributed by atoms with E-state index < -0.39 is 4.92 Å². The molecule has 1 aromatic heterocycles. The van der Waals surface area contributed by atoms with Crippen molar-refractivity contribution in [2.45, 2.75) is 33.1 Å². The van der Waals surface area contributed by atoms with Crippen molar-refractivity contribution in [2.24, 2.45) is 11.8 Å². The Labute approximate surface area is 105 Å². The van der Waals surface area contributed by atoms with E-state index in [1.807, 2.05) is 0 Å². The molecule has 17 heavy (non-hydrogen) atoms. The van der Waals surface area contributed by atoms with Crippen LogP contribution in [0, 0.1) is 22.0 Å². The maximum absolute atomic E-state index is 10.8. The molecule has 0 fully saturated rings. The predicted molar refractivity (Wildman–Crippen MR) is 66.3 cm³/mol. The van der Waals surface area contributed by atoms with Gasteiger partial charge in [0.1, 0.15) is 0 Å². The number of nitrogens with zero attached hydrogens (tertiary/aromatic N) is 2. The minimum Gasteiger partial charge on any atom is -0.258 e. The summed E-state index contributed by atoms with van der Waals surface area (Å²) in [5.41, 5.74) is 1.85. The molecule has 1 unspecified atom stereocenters. The van der Waals surface area contributed by atoms with Crippen molar-refractivity contribution in [1.82, 2.24) is 4.98 Å². The summed E-state index contributed by atoms with van der Waals surface area (Å²) in [5, 5.41) is 10.8. The molecule has 0 saturated heterocycles. The summed E-state index contributed by atoms with van der Waals surface area (Å²) in [6.45, 7) is 4.38. The van der Waals surface area contributed by atoms with E-state index in [4.69, 9.17) is 11.6 Å². The average Bonchev–Trinajstić information content (AvgIpc) is 2.27. The summed E-state index contributed by atoms with van der Waals surface area (Å²) >= 11 is 5.80. The number of hydrogen-bond donors (Lipinski definition) is 0. The first kappa shape index (κ1) is 12.3. The lowest BCUT2D eigenvalue weighted by atomic mass is 9.80. The molecule has 0 aromatic carbocycles. The quantitative estimate of drug-likeness (QED) is 0.462. The van der Waals surface area contributed by atoms with Gasteiger partial charge in [-0.25, -0.2) is 4.98 Å². The highest BCUT2D eigenvalue weighted by Crippen LogP contribution is 2.33. The number of pyridine rings is 1. The van der Waals surface area contributed by atoms with E-state index in [1.54, 1.807) is 6.07 Å². The van der Waals surface area contributed by atoms with Crippen LogP contribution in [-0.4, -0.2) is 9.91 Å². The largest absolute Gasteiger partial charge is 0.306 e. The molecule has 0 radical (unpaired) electrons. The van der Waals surface area contributed by atoms with Gasteiger partial charge in [0.05, 0.1) is 4.92 Å². The van der Waals surface area contributed by atoms with Crippen molar-refractivity contribution in [1.29, 1.82) is 0 Å². The number of aromatic nitrogens is 1. The average molecular weight is 255 g/mol. The Morgan fingerprint density at radius 3 is 2.88 bits per heavy atom. The highest BCUT2D eigenvalue weighted by molar-refractivity contribution is 6.31. The zero-order chi connectivity index (χ0) is 12.6. The fourth-order valence-electron chi connectivity index (χ4n) is 2.35. The molecule has 1 aliphatic rings. The number of rotatable bonds is 2. The van der Waals surface area contributed by atoms with Gasteiger partial charge in [-0.2, -0.15) is 0 Å². The molecular weight excluding hydrogens is 240 g/mol. The van der Waals surface area contributed by atoms with Crippen LogP contribution < -0.4 is 0 Å². The number of halogens is 1. The van der Waals surface area contributed by atoms with Gasteiger partial charge in [0.2, 0.25) is 5.15 Å². The van der Waals surface area contributed by atoms with Gasteiger partial charge in [0, 0.05) is 11.8 Å². The number of aryl methyl sites for hydroxylation is 1. The Morgan fingerprint density at radius 1 is 1.59 bits per heavy atom. The third-order valence-corrected chi connectivity index (χ3v) is 3.78. The summed E-state index contributed by atoms with van der Waals surface area (Å²) in [7, 11) is 0. The second-order valence-corrected chi connectivity index (χ2v) is 5.27. The molecule has 0 bridgehead atoms. The highest BCUT2D eigenvalue weighted by atomic mass is 35.5. The maximum Gasteiger partial charge on any atom is 0.306 e. The first-order chi connectivity index (χ1) is 7.99. The van der Waals surface area contributed by atoms with Crippen LogP contribution in [-0.2, 0) is 12.8 Å². The third kappa shape index (κ3) is 2.41. The first-order valence-electron chi connectivity index (χ1n) is 5.81. The van der Waals surface area contributed by atoms with E-state index in [0.717, 1.165) is 30.5 Å². The summed E-state index contributed by atoms with van der Waals surface area (Å²) in [6.07, 6.45) is 2.83. The minimum atomic E-state index is -0.464. The topological polar surface area (TPSA) is 56.0 Å². The van der Waals surface area contributed by atoms with Crippen LogP contribution in [0.15, 0.2) is 6.07 Å². The Balaban J connectivity index is 2.37. The van der Waals surface area contributed by atoms with Crippen LogP contribution >= 0.6 is 11.6 Å². The van der Waals surface area contributed by atoms with Crippen molar-refractivity contribution in [3.8, 4) is 0 Å². The molecule has 5 heteroatoms. The van der Waals surface area contributed by atoms with Gasteiger partial charge in [-0.1, -0.05) is 25.4 Å². The van der Waals surface area contributed by atoms with Crippen molar-refractivity contribution in [3.63, 3.8) is 0 Å². The molecule has 0 amide bonds. The fraction of sp³-hybridized carbons (Fsp3) is 0.583. The second-order valence-electron chi connectivity index (χ2n) is 4.91. The van der Waals surface area contributed by atoms with Gasteiger partial charge in [0.15, 0.2) is 0 Å². The molecule has 0 saturated carbocycles. The lowest BCUT2D eigenvalue weighted by molar-refractivity contribution is -0.385. The second kappa shape index (κ2) is 4.61. The third-order valence-electron chi connectivity index (χ3n) is 3.50. The van der Waals surface area contributed by atoms with E-state index in [-0.39, 0.29) is 10.8 Å². The SMILES string of the molecule is CC(C)C1CCc2nc(Cl)c([N+](=O)[O-])cc2C1. The smallest absolute Gasteiger partial charge is 0.258 e. The Hall–Kier alpha value is -1.16. The summed E-state index contributed by atoms with van der Waals surface area (Å²) in [5.74, 6) is 1.18. The van der Waals surface area contributed by atoms with E-state index in [2.05, 4.69) is 18.8 Å². The zero-order valence-electron chi connectivity index (χ0n) is 9.94. The van der Waals surface area contributed by atoms with Crippen LogP contribution in [0.3, 0.4) is 0 Å².